The van der Waals surface area contributed by atoms with E-state index < -0.39 is 0 Å². The second-order valence-corrected chi connectivity index (χ2v) is 7.46. The number of H-pyrrole nitrogens is 1. The standard InChI is InChI=1S/C21H22N4O/c26-20-21(18-4-2-1-3-15(18)13-23-20)6-9-25(10-7-21)14-17-11-16-12-22-8-5-19(16)24-17/h1-5,8,11-12,24H,6-7,9-10,13-14H2,(H,23,26). The van der Waals surface area contributed by atoms with E-state index in [-0.39, 0.29) is 11.3 Å². The lowest BCUT2D eigenvalue weighted by atomic mass is 9.68. The number of aromatic amines is 1. The molecule has 5 rings (SSSR count). The van der Waals surface area contributed by atoms with Crippen LogP contribution >= 0.6 is 0 Å². The molecule has 1 aromatic carbocycles. The number of amides is 1. The molecule has 1 saturated heterocycles. The fourth-order valence-corrected chi connectivity index (χ4v) is 4.56. The Bertz CT molecular complexity index is 936. The number of aromatic nitrogens is 2. The van der Waals surface area contributed by atoms with Crippen molar-refractivity contribution >= 4 is 16.8 Å². The largest absolute Gasteiger partial charge is 0.357 e. The second kappa shape index (κ2) is 5.95. The average molecular weight is 346 g/mol. The summed E-state index contributed by atoms with van der Waals surface area (Å²) in [5.41, 5.74) is 4.49. The molecule has 3 aromatic rings. The van der Waals surface area contributed by atoms with E-state index in [1.54, 1.807) is 0 Å². The molecule has 26 heavy (non-hydrogen) atoms. The summed E-state index contributed by atoms with van der Waals surface area (Å²) in [6, 6.07) is 12.6. The molecule has 2 aromatic heterocycles. The predicted octanol–water partition coefficient (Wildman–Crippen LogP) is 2.73. The molecule has 2 N–H and O–H groups in total. The van der Waals surface area contributed by atoms with Gasteiger partial charge in [-0.15, -0.1) is 0 Å². The van der Waals surface area contributed by atoms with Crippen molar-refractivity contribution in [2.75, 3.05) is 13.1 Å². The zero-order valence-electron chi connectivity index (χ0n) is 14.7. The Morgan fingerprint density at radius 1 is 1.15 bits per heavy atom. The summed E-state index contributed by atoms with van der Waals surface area (Å²) >= 11 is 0. The third kappa shape index (κ3) is 2.42. The molecule has 5 nitrogen and oxygen atoms in total. The molecule has 0 aliphatic carbocycles. The van der Waals surface area contributed by atoms with E-state index in [1.807, 2.05) is 18.5 Å². The van der Waals surface area contributed by atoms with Crippen LogP contribution in [0.3, 0.4) is 0 Å². The third-order valence-corrected chi connectivity index (χ3v) is 5.99. The molecule has 0 bridgehead atoms. The fourth-order valence-electron chi connectivity index (χ4n) is 4.56. The topological polar surface area (TPSA) is 61.0 Å². The number of fused-ring (bicyclic) bond motifs is 3. The number of rotatable bonds is 2. The number of piperidine rings is 1. The summed E-state index contributed by atoms with van der Waals surface area (Å²) in [5.74, 6) is 0.201. The van der Waals surface area contributed by atoms with Gasteiger partial charge in [0.15, 0.2) is 0 Å². The van der Waals surface area contributed by atoms with Crippen LogP contribution in [0.5, 0.6) is 0 Å². The quantitative estimate of drug-likeness (QED) is 0.750. The molecule has 0 saturated carbocycles. The van der Waals surface area contributed by atoms with Gasteiger partial charge < -0.3 is 10.3 Å². The van der Waals surface area contributed by atoms with E-state index in [0.29, 0.717) is 6.54 Å². The van der Waals surface area contributed by atoms with Gasteiger partial charge in [-0.1, -0.05) is 24.3 Å². The number of hydrogen-bond donors (Lipinski definition) is 2. The van der Waals surface area contributed by atoms with Crippen LogP contribution in [0.4, 0.5) is 0 Å². The summed E-state index contributed by atoms with van der Waals surface area (Å²) in [6.07, 6.45) is 5.45. The first kappa shape index (κ1) is 15.6. The van der Waals surface area contributed by atoms with Crippen LogP contribution in [0.25, 0.3) is 10.9 Å². The molecule has 2 aliphatic rings. The number of benzene rings is 1. The number of carbonyl (C=O) groups is 1. The molecule has 0 radical (unpaired) electrons. The minimum atomic E-state index is -0.351. The van der Waals surface area contributed by atoms with Crippen LogP contribution in [-0.2, 0) is 23.3 Å². The van der Waals surface area contributed by atoms with Crippen molar-refractivity contribution in [2.45, 2.75) is 31.3 Å². The third-order valence-electron chi connectivity index (χ3n) is 5.99. The van der Waals surface area contributed by atoms with Crippen molar-refractivity contribution in [3.8, 4) is 0 Å². The van der Waals surface area contributed by atoms with Crippen LogP contribution in [-0.4, -0.2) is 33.9 Å². The first-order chi connectivity index (χ1) is 12.7. The van der Waals surface area contributed by atoms with Crippen LogP contribution < -0.4 is 5.32 Å². The summed E-state index contributed by atoms with van der Waals surface area (Å²) < 4.78 is 0. The molecule has 2 aliphatic heterocycles. The molecular weight excluding hydrogens is 324 g/mol. The predicted molar refractivity (Wildman–Crippen MR) is 101 cm³/mol. The van der Waals surface area contributed by atoms with Crippen molar-refractivity contribution in [3.05, 3.63) is 65.6 Å². The molecular formula is C21H22N4O. The SMILES string of the molecule is O=C1NCc2ccccc2C12CCN(Cc1cc3cnccc3[nH]1)CC2. The van der Waals surface area contributed by atoms with Gasteiger partial charge in [0.1, 0.15) is 0 Å². The molecule has 1 fully saturated rings. The van der Waals surface area contributed by atoms with Crippen LogP contribution in [0, 0.1) is 0 Å². The van der Waals surface area contributed by atoms with Gasteiger partial charge in [-0.05, 0) is 49.2 Å². The van der Waals surface area contributed by atoms with Gasteiger partial charge in [0.25, 0.3) is 0 Å². The van der Waals surface area contributed by atoms with E-state index in [0.717, 1.165) is 43.4 Å². The van der Waals surface area contributed by atoms with Crippen molar-refractivity contribution in [1.29, 1.82) is 0 Å². The molecule has 1 spiro atoms. The number of carbonyl (C=O) groups excluding carboxylic acids is 1. The van der Waals surface area contributed by atoms with E-state index in [9.17, 15) is 4.79 Å². The minimum Gasteiger partial charge on any atom is -0.357 e. The average Bonchev–Trinajstić information content (AvgIpc) is 3.09. The summed E-state index contributed by atoms with van der Waals surface area (Å²) in [4.78, 5) is 22.9. The maximum Gasteiger partial charge on any atom is 0.231 e. The lowest BCUT2D eigenvalue weighted by Gasteiger charge is -2.44. The van der Waals surface area contributed by atoms with Gasteiger partial charge in [0.2, 0.25) is 5.91 Å². The molecule has 132 valence electrons. The molecule has 1 amide bonds. The highest BCUT2D eigenvalue weighted by Crippen LogP contribution is 2.40. The Kier molecular flexibility index (Phi) is 3.57. The van der Waals surface area contributed by atoms with Crippen molar-refractivity contribution < 1.29 is 4.79 Å². The van der Waals surface area contributed by atoms with Crippen LogP contribution in [0.15, 0.2) is 48.8 Å². The Labute approximate surface area is 152 Å². The van der Waals surface area contributed by atoms with E-state index in [1.165, 1.54) is 16.8 Å². The van der Waals surface area contributed by atoms with E-state index >= 15 is 0 Å². The van der Waals surface area contributed by atoms with Crippen molar-refractivity contribution in [1.82, 2.24) is 20.2 Å². The lowest BCUT2D eigenvalue weighted by molar-refractivity contribution is -0.129. The normalized spacial score (nSPS) is 19.5. The highest BCUT2D eigenvalue weighted by Gasteiger charge is 2.45. The van der Waals surface area contributed by atoms with Crippen LogP contribution in [0.1, 0.15) is 29.7 Å². The number of nitrogens with one attached hydrogen (secondary N) is 2. The van der Waals surface area contributed by atoms with Gasteiger partial charge in [-0.25, -0.2) is 0 Å². The second-order valence-electron chi connectivity index (χ2n) is 7.46. The first-order valence-corrected chi connectivity index (χ1v) is 9.25. The summed E-state index contributed by atoms with van der Waals surface area (Å²) in [7, 11) is 0. The highest BCUT2D eigenvalue weighted by atomic mass is 16.2. The number of hydrogen-bond acceptors (Lipinski definition) is 3. The van der Waals surface area contributed by atoms with Gasteiger partial charge in [-0.2, -0.15) is 0 Å². The number of nitrogens with zero attached hydrogens (tertiary/aromatic N) is 2. The maximum atomic E-state index is 12.8. The zero-order chi connectivity index (χ0) is 17.6. The molecule has 0 unspecified atom stereocenters. The number of pyridine rings is 1. The van der Waals surface area contributed by atoms with Gasteiger partial charge in [0.05, 0.1) is 5.41 Å². The molecule has 0 atom stereocenters. The van der Waals surface area contributed by atoms with Crippen molar-refractivity contribution in [2.24, 2.45) is 0 Å². The smallest absolute Gasteiger partial charge is 0.231 e. The maximum absolute atomic E-state index is 12.8. The van der Waals surface area contributed by atoms with Gasteiger partial charge in [0, 0.05) is 42.1 Å². The van der Waals surface area contributed by atoms with Crippen molar-refractivity contribution in [3.63, 3.8) is 0 Å². The summed E-state index contributed by atoms with van der Waals surface area (Å²) in [6.45, 7) is 3.39. The van der Waals surface area contributed by atoms with Gasteiger partial charge in [-0.3, -0.25) is 14.7 Å². The number of likely N-dealkylation sites (tertiary alicyclic amines) is 1. The zero-order valence-corrected chi connectivity index (χ0v) is 14.7. The molecule has 5 heteroatoms. The van der Waals surface area contributed by atoms with E-state index in [2.05, 4.69) is 50.5 Å². The van der Waals surface area contributed by atoms with E-state index in [4.69, 9.17) is 0 Å². The van der Waals surface area contributed by atoms with Gasteiger partial charge >= 0.3 is 0 Å². The Balaban J connectivity index is 1.35. The fraction of sp³-hybridized carbons (Fsp3) is 0.333. The lowest BCUT2D eigenvalue weighted by Crippen LogP contribution is -2.54. The summed E-state index contributed by atoms with van der Waals surface area (Å²) in [5, 5.41) is 4.26. The Morgan fingerprint density at radius 3 is 2.85 bits per heavy atom. The first-order valence-electron chi connectivity index (χ1n) is 9.25. The Morgan fingerprint density at radius 2 is 2.00 bits per heavy atom. The van der Waals surface area contributed by atoms with Crippen LogP contribution in [0.2, 0.25) is 0 Å². The Hall–Kier alpha value is -2.66. The minimum absolute atomic E-state index is 0.201. The monoisotopic (exact) mass is 346 g/mol. The molecule has 4 heterocycles. The highest BCUT2D eigenvalue weighted by molar-refractivity contribution is 5.90.